The van der Waals surface area contributed by atoms with Crippen molar-refractivity contribution in [2.75, 3.05) is 13.2 Å². The standard InChI is InChI=1S/C17H20N2O2S/c1-13-6-2-3-8-15(13)21-12-16(20)19-10-5-4-7-14(19)17-18-9-11-22-17/h2-3,6,8-9,11,14H,4-5,7,10,12H2,1H3/t14-/m1/s1. The molecular weight excluding hydrogens is 296 g/mol. The van der Waals surface area contributed by atoms with Gasteiger partial charge in [0.25, 0.3) is 5.91 Å². The molecule has 1 aliphatic heterocycles. The van der Waals surface area contributed by atoms with E-state index in [2.05, 4.69) is 4.98 Å². The Kier molecular flexibility index (Phi) is 4.73. The molecular formula is C17H20N2O2S. The van der Waals surface area contributed by atoms with E-state index in [0.29, 0.717) is 0 Å². The summed E-state index contributed by atoms with van der Waals surface area (Å²) >= 11 is 1.62. The summed E-state index contributed by atoms with van der Waals surface area (Å²) in [5, 5.41) is 3.00. The Morgan fingerprint density at radius 2 is 2.27 bits per heavy atom. The Bertz CT molecular complexity index is 627. The molecule has 2 heterocycles. The number of piperidine rings is 1. The summed E-state index contributed by atoms with van der Waals surface area (Å²) in [6, 6.07) is 7.89. The monoisotopic (exact) mass is 316 g/mol. The van der Waals surface area contributed by atoms with Gasteiger partial charge in [0.2, 0.25) is 0 Å². The van der Waals surface area contributed by atoms with Crippen LogP contribution < -0.4 is 4.74 Å². The predicted octanol–water partition coefficient (Wildman–Crippen LogP) is 3.58. The van der Waals surface area contributed by atoms with Gasteiger partial charge in [0.1, 0.15) is 10.8 Å². The highest BCUT2D eigenvalue weighted by atomic mass is 32.1. The molecule has 0 saturated carbocycles. The molecule has 4 nitrogen and oxygen atoms in total. The minimum Gasteiger partial charge on any atom is -0.484 e. The fourth-order valence-corrected chi connectivity index (χ4v) is 3.61. The van der Waals surface area contributed by atoms with Crippen LogP contribution in [0, 0.1) is 6.92 Å². The molecule has 0 radical (unpaired) electrons. The Labute approximate surface area is 134 Å². The first-order valence-corrected chi connectivity index (χ1v) is 8.51. The zero-order chi connectivity index (χ0) is 15.4. The lowest BCUT2D eigenvalue weighted by atomic mass is 10.0. The Hall–Kier alpha value is -1.88. The first kappa shape index (κ1) is 15.0. The largest absolute Gasteiger partial charge is 0.484 e. The van der Waals surface area contributed by atoms with E-state index in [1.165, 1.54) is 0 Å². The van der Waals surface area contributed by atoms with E-state index < -0.39 is 0 Å². The van der Waals surface area contributed by atoms with Crippen LogP contribution in [0.3, 0.4) is 0 Å². The van der Waals surface area contributed by atoms with Crippen LogP contribution in [0.25, 0.3) is 0 Å². The number of hydrogen-bond acceptors (Lipinski definition) is 4. The van der Waals surface area contributed by atoms with Crippen molar-refractivity contribution in [1.82, 2.24) is 9.88 Å². The number of nitrogens with zero attached hydrogens (tertiary/aromatic N) is 2. The van der Waals surface area contributed by atoms with Gasteiger partial charge in [0.15, 0.2) is 6.61 Å². The minimum atomic E-state index is 0.0446. The van der Waals surface area contributed by atoms with Gasteiger partial charge in [0, 0.05) is 18.1 Å². The first-order valence-electron chi connectivity index (χ1n) is 7.63. The molecule has 5 heteroatoms. The quantitative estimate of drug-likeness (QED) is 0.866. The summed E-state index contributed by atoms with van der Waals surface area (Å²) in [5.74, 6) is 0.821. The number of aryl methyl sites for hydroxylation is 1. The second-order valence-electron chi connectivity index (χ2n) is 5.52. The van der Waals surface area contributed by atoms with Gasteiger partial charge in [-0.2, -0.15) is 0 Å². The Morgan fingerprint density at radius 3 is 3.05 bits per heavy atom. The van der Waals surface area contributed by atoms with Crippen LogP contribution >= 0.6 is 11.3 Å². The van der Waals surface area contributed by atoms with Crippen molar-refractivity contribution in [1.29, 1.82) is 0 Å². The second-order valence-corrected chi connectivity index (χ2v) is 6.45. The number of aromatic nitrogens is 1. The van der Waals surface area contributed by atoms with Crippen molar-refractivity contribution in [3.63, 3.8) is 0 Å². The van der Waals surface area contributed by atoms with Crippen LogP contribution in [0.4, 0.5) is 0 Å². The fraction of sp³-hybridized carbons (Fsp3) is 0.412. The van der Waals surface area contributed by atoms with Gasteiger partial charge in [-0.25, -0.2) is 4.98 Å². The lowest BCUT2D eigenvalue weighted by Gasteiger charge is -2.34. The van der Waals surface area contributed by atoms with Crippen LogP contribution in [-0.2, 0) is 4.79 Å². The number of likely N-dealkylation sites (tertiary alicyclic amines) is 1. The third kappa shape index (κ3) is 3.30. The molecule has 1 aromatic carbocycles. The topological polar surface area (TPSA) is 42.4 Å². The van der Waals surface area contributed by atoms with Crippen molar-refractivity contribution in [2.45, 2.75) is 32.2 Å². The maximum Gasteiger partial charge on any atom is 0.261 e. The van der Waals surface area contributed by atoms with E-state index in [9.17, 15) is 4.79 Å². The molecule has 1 saturated heterocycles. The number of carbonyl (C=O) groups excluding carboxylic acids is 1. The molecule has 116 valence electrons. The number of rotatable bonds is 4. The lowest BCUT2D eigenvalue weighted by molar-refractivity contribution is -0.137. The van der Waals surface area contributed by atoms with Crippen LogP contribution in [0.1, 0.15) is 35.9 Å². The number of thiazole rings is 1. The van der Waals surface area contributed by atoms with Crippen LogP contribution in [0.2, 0.25) is 0 Å². The third-order valence-electron chi connectivity index (χ3n) is 4.00. The second kappa shape index (κ2) is 6.92. The van der Waals surface area contributed by atoms with Gasteiger partial charge in [0.05, 0.1) is 6.04 Å². The summed E-state index contributed by atoms with van der Waals surface area (Å²) in [6.45, 7) is 2.87. The van der Waals surface area contributed by atoms with Gasteiger partial charge in [-0.05, 0) is 37.8 Å². The van der Waals surface area contributed by atoms with Gasteiger partial charge in [-0.15, -0.1) is 11.3 Å². The third-order valence-corrected chi connectivity index (χ3v) is 4.88. The molecule has 0 N–H and O–H groups in total. The van der Waals surface area contributed by atoms with Crippen molar-refractivity contribution in [3.8, 4) is 5.75 Å². The highest BCUT2D eigenvalue weighted by molar-refractivity contribution is 7.09. The summed E-state index contributed by atoms with van der Waals surface area (Å²) in [5.41, 5.74) is 1.05. The summed E-state index contributed by atoms with van der Waals surface area (Å²) in [6.07, 6.45) is 5.00. The van der Waals surface area contributed by atoms with Crippen molar-refractivity contribution in [3.05, 3.63) is 46.4 Å². The van der Waals surface area contributed by atoms with E-state index in [0.717, 1.165) is 42.1 Å². The van der Waals surface area contributed by atoms with Gasteiger partial charge in [-0.1, -0.05) is 18.2 Å². The predicted molar refractivity (Wildman–Crippen MR) is 87.1 cm³/mol. The van der Waals surface area contributed by atoms with Crippen LogP contribution in [0.5, 0.6) is 5.75 Å². The average molecular weight is 316 g/mol. The molecule has 0 unspecified atom stereocenters. The van der Waals surface area contributed by atoms with E-state index in [-0.39, 0.29) is 18.6 Å². The normalized spacial score (nSPS) is 18.2. The summed E-state index contributed by atoms with van der Waals surface area (Å²) in [7, 11) is 0. The van der Waals surface area contributed by atoms with E-state index in [1.807, 2.05) is 41.5 Å². The average Bonchev–Trinajstić information content (AvgIpc) is 3.08. The molecule has 1 atom stereocenters. The molecule has 0 bridgehead atoms. The van der Waals surface area contributed by atoms with Crippen LogP contribution in [-0.4, -0.2) is 28.9 Å². The van der Waals surface area contributed by atoms with Gasteiger partial charge >= 0.3 is 0 Å². The molecule has 1 fully saturated rings. The first-order chi connectivity index (χ1) is 10.8. The van der Waals surface area contributed by atoms with Crippen molar-refractivity contribution < 1.29 is 9.53 Å². The van der Waals surface area contributed by atoms with Crippen molar-refractivity contribution >= 4 is 17.2 Å². The Morgan fingerprint density at radius 1 is 1.41 bits per heavy atom. The zero-order valence-electron chi connectivity index (χ0n) is 12.7. The van der Waals surface area contributed by atoms with Gasteiger partial charge < -0.3 is 9.64 Å². The number of carbonyl (C=O) groups is 1. The SMILES string of the molecule is Cc1ccccc1OCC(=O)N1CCCC[C@@H]1c1nccs1. The number of hydrogen-bond donors (Lipinski definition) is 0. The number of para-hydroxylation sites is 1. The number of benzene rings is 1. The van der Waals surface area contributed by atoms with E-state index in [1.54, 1.807) is 17.5 Å². The van der Waals surface area contributed by atoms with E-state index >= 15 is 0 Å². The molecule has 2 aromatic rings. The summed E-state index contributed by atoms with van der Waals surface area (Å²) < 4.78 is 5.71. The smallest absolute Gasteiger partial charge is 0.261 e. The molecule has 0 aliphatic carbocycles. The van der Waals surface area contributed by atoms with Crippen molar-refractivity contribution in [2.24, 2.45) is 0 Å². The molecule has 22 heavy (non-hydrogen) atoms. The zero-order valence-corrected chi connectivity index (χ0v) is 13.5. The molecule has 1 amide bonds. The highest BCUT2D eigenvalue weighted by Gasteiger charge is 2.29. The van der Waals surface area contributed by atoms with Gasteiger partial charge in [-0.3, -0.25) is 4.79 Å². The molecule has 0 spiro atoms. The Balaban J connectivity index is 1.66. The molecule has 1 aliphatic rings. The molecule has 3 rings (SSSR count). The van der Waals surface area contributed by atoms with E-state index in [4.69, 9.17) is 4.74 Å². The molecule has 1 aromatic heterocycles. The van der Waals surface area contributed by atoms with Crippen LogP contribution in [0.15, 0.2) is 35.8 Å². The maximum absolute atomic E-state index is 12.6. The number of ether oxygens (including phenoxy) is 1. The summed E-state index contributed by atoms with van der Waals surface area (Å²) in [4.78, 5) is 18.9. The lowest BCUT2D eigenvalue weighted by Crippen LogP contribution is -2.41. The highest BCUT2D eigenvalue weighted by Crippen LogP contribution is 2.32. The fourth-order valence-electron chi connectivity index (χ4n) is 2.83. The maximum atomic E-state index is 12.6. The minimum absolute atomic E-state index is 0.0446. The number of amides is 1.